The minimum Gasteiger partial charge on any atom is -0.491 e. The molecule has 0 aliphatic rings. The summed E-state index contributed by atoms with van der Waals surface area (Å²) in [4.78, 5) is 0. The van der Waals surface area contributed by atoms with Gasteiger partial charge in [-0.05, 0) is 30.7 Å². The highest BCUT2D eigenvalue weighted by atomic mass is 16.5. The molecule has 0 amide bonds. The third kappa shape index (κ3) is 3.44. The Labute approximate surface area is 78.1 Å². The predicted octanol–water partition coefficient (Wildman–Crippen LogP) is 0.559. The fourth-order valence-electron chi connectivity index (χ4n) is 1.12. The van der Waals surface area contributed by atoms with Crippen molar-refractivity contribution < 1.29 is 9.84 Å². The van der Waals surface area contributed by atoms with Gasteiger partial charge in [-0.15, -0.1) is 0 Å². The van der Waals surface area contributed by atoms with E-state index in [0.717, 1.165) is 17.7 Å². The van der Waals surface area contributed by atoms with E-state index < -0.39 is 0 Å². The Kier molecular flexibility index (Phi) is 4.29. The summed E-state index contributed by atoms with van der Waals surface area (Å²) in [6.45, 7) is 1.02. The molecule has 1 aromatic rings. The van der Waals surface area contributed by atoms with Gasteiger partial charge in [0.05, 0.1) is 6.61 Å². The minimum atomic E-state index is 0.0428. The van der Waals surface area contributed by atoms with E-state index in [1.165, 1.54) is 0 Å². The lowest BCUT2D eigenvalue weighted by Gasteiger charge is -2.05. The predicted molar refractivity (Wildman–Crippen MR) is 51.8 cm³/mol. The summed E-state index contributed by atoms with van der Waals surface area (Å²) in [5.74, 6) is 0.792. The van der Waals surface area contributed by atoms with Crippen LogP contribution in [-0.2, 0) is 6.42 Å². The van der Waals surface area contributed by atoms with Crippen molar-refractivity contribution in [1.29, 1.82) is 0 Å². The molecule has 0 unspecified atom stereocenters. The largest absolute Gasteiger partial charge is 0.491 e. The van der Waals surface area contributed by atoms with E-state index in [9.17, 15) is 0 Å². The van der Waals surface area contributed by atoms with Gasteiger partial charge >= 0.3 is 0 Å². The van der Waals surface area contributed by atoms with E-state index in [1.54, 1.807) is 0 Å². The van der Waals surface area contributed by atoms with Crippen molar-refractivity contribution in [1.82, 2.24) is 0 Å². The highest BCUT2D eigenvalue weighted by molar-refractivity contribution is 5.28. The van der Waals surface area contributed by atoms with Crippen LogP contribution in [0.4, 0.5) is 0 Å². The zero-order chi connectivity index (χ0) is 9.52. The Morgan fingerprint density at radius 1 is 1.38 bits per heavy atom. The summed E-state index contributed by atoms with van der Waals surface area (Å²) < 4.78 is 5.25. The van der Waals surface area contributed by atoms with Crippen molar-refractivity contribution in [3.63, 3.8) is 0 Å². The number of aliphatic hydroxyl groups excluding tert-OH is 1. The summed E-state index contributed by atoms with van der Waals surface area (Å²) in [7, 11) is 0. The normalized spacial score (nSPS) is 10.0. The van der Waals surface area contributed by atoms with Crippen LogP contribution < -0.4 is 10.5 Å². The molecular formula is C10H15NO2. The molecule has 3 nitrogen and oxygen atoms in total. The van der Waals surface area contributed by atoms with E-state index in [4.69, 9.17) is 15.6 Å². The first-order valence-electron chi connectivity index (χ1n) is 4.39. The third-order valence-electron chi connectivity index (χ3n) is 1.69. The maximum Gasteiger partial charge on any atom is 0.119 e. The number of benzene rings is 1. The van der Waals surface area contributed by atoms with Gasteiger partial charge in [-0.1, -0.05) is 12.1 Å². The lowest BCUT2D eigenvalue weighted by molar-refractivity contribution is 0.201. The van der Waals surface area contributed by atoms with Crippen LogP contribution in [0.25, 0.3) is 0 Å². The summed E-state index contributed by atoms with van der Waals surface area (Å²) in [5.41, 5.74) is 6.59. The third-order valence-corrected chi connectivity index (χ3v) is 1.69. The quantitative estimate of drug-likeness (QED) is 0.697. The topological polar surface area (TPSA) is 55.5 Å². The van der Waals surface area contributed by atoms with Gasteiger partial charge in [0.15, 0.2) is 0 Å². The highest BCUT2D eigenvalue weighted by Crippen LogP contribution is 2.13. The maximum absolute atomic E-state index is 8.56. The van der Waals surface area contributed by atoms with Crippen molar-refractivity contribution in [3.05, 3.63) is 29.8 Å². The summed E-state index contributed by atoms with van der Waals surface area (Å²) in [6.07, 6.45) is 0.857. The van der Waals surface area contributed by atoms with Gasteiger partial charge in [0.2, 0.25) is 0 Å². The SMILES string of the molecule is NCCc1cccc(OCCO)c1. The zero-order valence-corrected chi connectivity index (χ0v) is 7.57. The second-order valence-corrected chi connectivity index (χ2v) is 2.76. The van der Waals surface area contributed by atoms with Crippen molar-refractivity contribution >= 4 is 0 Å². The molecule has 72 valence electrons. The number of aliphatic hydroxyl groups is 1. The van der Waals surface area contributed by atoms with Crippen LogP contribution in [0.1, 0.15) is 5.56 Å². The molecule has 0 saturated heterocycles. The Balaban J connectivity index is 2.56. The summed E-state index contributed by atoms with van der Waals surface area (Å²) >= 11 is 0. The lowest BCUT2D eigenvalue weighted by atomic mass is 10.1. The Bertz CT molecular complexity index is 250. The number of hydrogen-bond donors (Lipinski definition) is 2. The van der Waals surface area contributed by atoms with Crippen molar-refractivity contribution in [3.8, 4) is 5.75 Å². The highest BCUT2D eigenvalue weighted by Gasteiger charge is 1.95. The van der Waals surface area contributed by atoms with Gasteiger partial charge in [0.1, 0.15) is 12.4 Å². The minimum absolute atomic E-state index is 0.0428. The van der Waals surface area contributed by atoms with E-state index >= 15 is 0 Å². The average Bonchev–Trinajstić information content (AvgIpc) is 2.16. The van der Waals surface area contributed by atoms with Crippen molar-refractivity contribution in [2.24, 2.45) is 5.73 Å². The van der Waals surface area contributed by atoms with Gasteiger partial charge in [-0.3, -0.25) is 0 Å². The van der Waals surface area contributed by atoms with Crippen LogP contribution >= 0.6 is 0 Å². The Morgan fingerprint density at radius 2 is 2.23 bits per heavy atom. The lowest BCUT2D eigenvalue weighted by Crippen LogP contribution is -2.04. The molecule has 3 N–H and O–H groups in total. The number of ether oxygens (including phenoxy) is 1. The fraction of sp³-hybridized carbons (Fsp3) is 0.400. The van der Waals surface area contributed by atoms with E-state index in [0.29, 0.717) is 13.2 Å². The molecule has 0 fully saturated rings. The van der Waals surface area contributed by atoms with Crippen LogP contribution in [0.5, 0.6) is 5.75 Å². The van der Waals surface area contributed by atoms with Crippen LogP contribution in [0, 0.1) is 0 Å². The monoisotopic (exact) mass is 181 g/mol. The maximum atomic E-state index is 8.56. The molecule has 1 rings (SSSR count). The smallest absolute Gasteiger partial charge is 0.119 e. The molecule has 0 radical (unpaired) electrons. The molecule has 0 saturated carbocycles. The summed E-state index contributed by atoms with van der Waals surface area (Å²) in [5, 5.41) is 8.56. The zero-order valence-electron chi connectivity index (χ0n) is 7.57. The van der Waals surface area contributed by atoms with E-state index in [2.05, 4.69) is 0 Å². The molecule has 0 spiro atoms. The molecule has 0 atom stereocenters. The Morgan fingerprint density at radius 3 is 2.92 bits per heavy atom. The summed E-state index contributed by atoms with van der Waals surface area (Å²) in [6, 6.07) is 7.76. The molecule has 3 heteroatoms. The average molecular weight is 181 g/mol. The molecule has 0 heterocycles. The van der Waals surface area contributed by atoms with Crippen LogP contribution in [0.2, 0.25) is 0 Å². The molecule has 1 aromatic carbocycles. The molecule has 0 bridgehead atoms. The van der Waals surface area contributed by atoms with Crippen molar-refractivity contribution in [2.45, 2.75) is 6.42 Å². The second kappa shape index (κ2) is 5.56. The first-order valence-corrected chi connectivity index (χ1v) is 4.39. The Hall–Kier alpha value is -1.06. The molecule has 0 aliphatic heterocycles. The van der Waals surface area contributed by atoms with Gasteiger partial charge in [-0.2, -0.15) is 0 Å². The molecule has 13 heavy (non-hydrogen) atoms. The molecule has 0 aromatic heterocycles. The standard InChI is InChI=1S/C10H15NO2/c11-5-4-9-2-1-3-10(8-9)13-7-6-12/h1-3,8,12H,4-7,11H2. The molecular weight excluding hydrogens is 166 g/mol. The van der Waals surface area contributed by atoms with Crippen LogP contribution in [0.15, 0.2) is 24.3 Å². The van der Waals surface area contributed by atoms with Gasteiger partial charge in [0, 0.05) is 0 Å². The number of rotatable bonds is 5. The first-order chi connectivity index (χ1) is 6.36. The van der Waals surface area contributed by atoms with Crippen LogP contribution in [0.3, 0.4) is 0 Å². The van der Waals surface area contributed by atoms with Crippen molar-refractivity contribution in [2.75, 3.05) is 19.8 Å². The number of nitrogens with two attached hydrogens (primary N) is 1. The van der Waals surface area contributed by atoms with Gasteiger partial charge in [0.25, 0.3) is 0 Å². The van der Waals surface area contributed by atoms with E-state index in [-0.39, 0.29) is 6.61 Å². The van der Waals surface area contributed by atoms with Gasteiger partial charge in [-0.25, -0.2) is 0 Å². The fourth-order valence-corrected chi connectivity index (χ4v) is 1.12. The first kappa shape index (κ1) is 10.0. The van der Waals surface area contributed by atoms with E-state index in [1.807, 2.05) is 24.3 Å². The van der Waals surface area contributed by atoms with Crippen LogP contribution in [-0.4, -0.2) is 24.9 Å². The second-order valence-electron chi connectivity index (χ2n) is 2.76. The number of hydrogen-bond acceptors (Lipinski definition) is 3. The van der Waals surface area contributed by atoms with Gasteiger partial charge < -0.3 is 15.6 Å². The molecule has 0 aliphatic carbocycles.